The van der Waals surface area contributed by atoms with Gasteiger partial charge in [-0.05, 0) is 31.2 Å². The number of hydrogen-bond acceptors (Lipinski definition) is 4. The van der Waals surface area contributed by atoms with Crippen LogP contribution in [0.25, 0.3) is 0 Å². The highest BCUT2D eigenvalue weighted by molar-refractivity contribution is 6.07. The zero-order valence-corrected chi connectivity index (χ0v) is 13.7. The van der Waals surface area contributed by atoms with Gasteiger partial charge in [0.25, 0.3) is 5.91 Å². The first-order valence-electron chi connectivity index (χ1n) is 7.33. The maximum absolute atomic E-state index is 12.3. The number of hydrogen-bond donors (Lipinski definition) is 2. The van der Waals surface area contributed by atoms with Gasteiger partial charge in [0.15, 0.2) is 0 Å². The summed E-state index contributed by atoms with van der Waals surface area (Å²) in [5, 5.41) is 5.35. The molecular weight excluding hydrogens is 308 g/mol. The van der Waals surface area contributed by atoms with Crippen molar-refractivity contribution in [2.24, 2.45) is 0 Å². The fourth-order valence-corrected chi connectivity index (χ4v) is 2.05. The quantitative estimate of drug-likeness (QED) is 0.668. The van der Waals surface area contributed by atoms with E-state index in [1.54, 1.807) is 18.2 Å². The summed E-state index contributed by atoms with van der Waals surface area (Å²) in [7, 11) is 0. The second-order valence-corrected chi connectivity index (χ2v) is 5.30. The van der Waals surface area contributed by atoms with E-state index in [9.17, 15) is 14.4 Å². The van der Waals surface area contributed by atoms with Crippen LogP contribution in [0.5, 0.6) is 5.75 Å². The van der Waals surface area contributed by atoms with E-state index in [0.717, 1.165) is 5.56 Å². The van der Waals surface area contributed by atoms with Crippen LogP contribution in [0.3, 0.4) is 0 Å². The molecule has 2 N–H and O–H groups in total. The third-order valence-electron chi connectivity index (χ3n) is 3.13. The Hall–Kier alpha value is -3.15. The summed E-state index contributed by atoms with van der Waals surface area (Å²) in [6, 6.07) is 11.7. The van der Waals surface area contributed by atoms with Crippen LogP contribution in [0, 0.1) is 6.92 Å². The topological polar surface area (TPSA) is 84.5 Å². The Labute approximate surface area is 139 Å². The maximum Gasteiger partial charge on any atom is 0.308 e. The van der Waals surface area contributed by atoms with Gasteiger partial charge in [0.05, 0.1) is 11.4 Å². The number of benzene rings is 2. The van der Waals surface area contributed by atoms with Gasteiger partial charge in [-0.2, -0.15) is 0 Å². The molecule has 0 radical (unpaired) electrons. The zero-order valence-electron chi connectivity index (χ0n) is 13.7. The van der Waals surface area contributed by atoms with Gasteiger partial charge in [0, 0.05) is 25.5 Å². The van der Waals surface area contributed by atoms with Crippen molar-refractivity contribution in [3.8, 4) is 5.75 Å². The predicted octanol–water partition coefficient (Wildman–Crippen LogP) is 3.13. The van der Waals surface area contributed by atoms with E-state index in [2.05, 4.69) is 10.6 Å². The zero-order chi connectivity index (χ0) is 17.7. The molecule has 6 nitrogen and oxygen atoms in total. The summed E-state index contributed by atoms with van der Waals surface area (Å²) in [6.07, 6.45) is 0. The standard InChI is InChI=1S/C18H18N2O4/c1-11-4-6-14(7-5-11)18(23)20-16-9-8-15(24-13(3)22)10-17(16)19-12(2)21/h4-10H,1-3H3,(H,19,21)(H,20,23). The second-order valence-electron chi connectivity index (χ2n) is 5.30. The third kappa shape index (κ3) is 4.67. The Morgan fingerprint density at radius 1 is 0.875 bits per heavy atom. The summed E-state index contributed by atoms with van der Waals surface area (Å²) < 4.78 is 4.99. The lowest BCUT2D eigenvalue weighted by molar-refractivity contribution is -0.131. The molecule has 0 unspecified atom stereocenters. The van der Waals surface area contributed by atoms with E-state index in [0.29, 0.717) is 16.9 Å². The van der Waals surface area contributed by atoms with Gasteiger partial charge in [-0.1, -0.05) is 17.7 Å². The van der Waals surface area contributed by atoms with Gasteiger partial charge < -0.3 is 15.4 Å². The van der Waals surface area contributed by atoms with Crippen molar-refractivity contribution in [2.45, 2.75) is 20.8 Å². The number of rotatable bonds is 4. The first-order valence-corrected chi connectivity index (χ1v) is 7.33. The number of ether oxygens (including phenoxy) is 1. The average molecular weight is 326 g/mol. The Bertz CT molecular complexity index is 782. The maximum atomic E-state index is 12.3. The largest absolute Gasteiger partial charge is 0.427 e. The van der Waals surface area contributed by atoms with Crippen molar-refractivity contribution in [1.82, 2.24) is 0 Å². The fourth-order valence-electron chi connectivity index (χ4n) is 2.05. The normalized spacial score (nSPS) is 9.96. The first kappa shape index (κ1) is 17.2. The Morgan fingerprint density at radius 3 is 2.12 bits per heavy atom. The molecule has 0 bridgehead atoms. The summed E-state index contributed by atoms with van der Waals surface area (Å²) in [6.45, 7) is 4.57. The first-order chi connectivity index (χ1) is 11.3. The Morgan fingerprint density at radius 2 is 1.54 bits per heavy atom. The van der Waals surface area contributed by atoms with Crippen molar-refractivity contribution >= 4 is 29.2 Å². The number of esters is 1. The molecule has 124 valence electrons. The average Bonchev–Trinajstić information content (AvgIpc) is 2.49. The minimum absolute atomic E-state index is 0.277. The van der Waals surface area contributed by atoms with Crippen LogP contribution in [0.15, 0.2) is 42.5 Å². The third-order valence-corrected chi connectivity index (χ3v) is 3.13. The molecular formula is C18H18N2O4. The smallest absolute Gasteiger partial charge is 0.308 e. The van der Waals surface area contributed by atoms with Gasteiger partial charge in [0.1, 0.15) is 5.75 Å². The summed E-state index contributed by atoms with van der Waals surface area (Å²) in [5.74, 6) is -0.803. The Kier molecular flexibility index (Phi) is 5.31. The molecule has 2 amide bonds. The number of carbonyl (C=O) groups is 3. The van der Waals surface area contributed by atoms with Gasteiger partial charge >= 0.3 is 5.97 Å². The van der Waals surface area contributed by atoms with E-state index in [4.69, 9.17) is 4.74 Å². The molecule has 2 aromatic rings. The van der Waals surface area contributed by atoms with Crippen LogP contribution in [0.1, 0.15) is 29.8 Å². The SMILES string of the molecule is CC(=O)Nc1cc(OC(C)=O)ccc1NC(=O)c1ccc(C)cc1. The van der Waals surface area contributed by atoms with Gasteiger partial charge in [-0.15, -0.1) is 0 Å². The lowest BCUT2D eigenvalue weighted by Crippen LogP contribution is -2.15. The molecule has 6 heteroatoms. The molecule has 0 saturated heterocycles. The highest BCUT2D eigenvalue weighted by Gasteiger charge is 2.12. The number of nitrogens with one attached hydrogen (secondary N) is 2. The molecule has 0 aromatic heterocycles. The van der Waals surface area contributed by atoms with E-state index in [1.165, 1.54) is 26.0 Å². The lowest BCUT2D eigenvalue weighted by atomic mass is 10.1. The number of carbonyl (C=O) groups excluding carboxylic acids is 3. The molecule has 0 fully saturated rings. The van der Waals surface area contributed by atoms with Gasteiger partial charge in [-0.3, -0.25) is 14.4 Å². The van der Waals surface area contributed by atoms with Crippen LogP contribution in [-0.4, -0.2) is 17.8 Å². The molecule has 0 heterocycles. The van der Waals surface area contributed by atoms with Gasteiger partial charge in [0.2, 0.25) is 5.91 Å². The lowest BCUT2D eigenvalue weighted by Gasteiger charge is -2.13. The van der Waals surface area contributed by atoms with Gasteiger partial charge in [-0.25, -0.2) is 0 Å². The predicted molar refractivity (Wildman–Crippen MR) is 91.2 cm³/mol. The molecule has 0 spiro atoms. The van der Waals surface area contributed by atoms with Crippen LogP contribution < -0.4 is 15.4 Å². The molecule has 0 aliphatic heterocycles. The molecule has 0 aliphatic carbocycles. The monoisotopic (exact) mass is 326 g/mol. The van der Waals surface area contributed by atoms with Crippen LogP contribution in [0.4, 0.5) is 11.4 Å². The molecule has 2 aromatic carbocycles. The van der Waals surface area contributed by atoms with Crippen molar-refractivity contribution in [1.29, 1.82) is 0 Å². The summed E-state index contributed by atoms with van der Waals surface area (Å²) in [4.78, 5) is 34.7. The highest BCUT2D eigenvalue weighted by atomic mass is 16.5. The van der Waals surface area contributed by atoms with E-state index >= 15 is 0 Å². The molecule has 0 saturated carbocycles. The van der Waals surface area contributed by atoms with Crippen molar-refractivity contribution in [3.05, 3.63) is 53.6 Å². The molecule has 24 heavy (non-hydrogen) atoms. The van der Waals surface area contributed by atoms with Crippen molar-refractivity contribution in [2.75, 3.05) is 10.6 Å². The highest BCUT2D eigenvalue weighted by Crippen LogP contribution is 2.28. The molecule has 0 atom stereocenters. The van der Waals surface area contributed by atoms with Crippen LogP contribution in [0.2, 0.25) is 0 Å². The van der Waals surface area contributed by atoms with E-state index < -0.39 is 5.97 Å². The summed E-state index contributed by atoms with van der Waals surface area (Å²) >= 11 is 0. The fraction of sp³-hybridized carbons (Fsp3) is 0.167. The second kappa shape index (κ2) is 7.41. The molecule has 0 aliphatic rings. The van der Waals surface area contributed by atoms with Crippen molar-refractivity contribution in [3.63, 3.8) is 0 Å². The number of aryl methyl sites for hydroxylation is 1. The summed E-state index contributed by atoms with van der Waals surface area (Å²) in [5.41, 5.74) is 2.31. The van der Waals surface area contributed by atoms with Crippen LogP contribution >= 0.6 is 0 Å². The van der Waals surface area contributed by atoms with E-state index in [1.807, 2.05) is 19.1 Å². The molecule has 2 rings (SSSR count). The Balaban J connectivity index is 2.27. The van der Waals surface area contributed by atoms with Crippen molar-refractivity contribution < 1.29 is 19.1 Å². The number of anilines is 2. The van der Waals surface area contributed by atoms with E-state index in [-0.39, 0.29) is 17.6 Å². The van der Waals surface area contributed by atoms with Crippen LogP contribution in [-0.2, 0) is 9.59 Å². The minimum Gasteiger partial charge on any atom is -0.427 e. The minimum atomic E-state index is -0.472. The number of amides is 2.